The molecule has 1 unspecified atom stereocenters. The topological polar surface area (TPSA) is 75.1 Å². The number of alkyl halides is 3. The van der Waals surface area contributed by atoms with Crippen molar-refractivity contribution in [3.63, 3.8) is 0 Å². The molecule has 0 aliphatic rings. The molecule has 30 heavy (non-hydrogen) atoms. The highest BCUT2D eigenvalue weighted by atomic mass is 19.4. The van der Waals surface area contributed by atoms with Gasteiger partial charge >= 0.3 is 6.18 Å². The highest BCUT2D eigenvalue weighted by Gasteiger charge is 2.28. The van der Waals surface area contributed by atoms with Crippen molar-refractivity contribution in [3.05, 3.63) is 59.7 Å². The van der Waals surface area contributed by atoms with Gasteiger partial charge in [0.2, 0.25) is 0 Å². The van der Waals surface area contributed by atoms with E-state index in [0.29, 0.717) is 24.8 Å². The molecule has 2 aromatic carbocycles. The Hall–Kier alpha value is -2.94. The van der Waals surface area contributed by atoms with E-state index < -0.39 is 18.9 Å². The van der Waals surface area contributed by atoms with Gasteiger partial charge in [-0.25, -0.2) is 4.99 Å². The molecular formula is C21H26F3N3O3. The fourth-order valence-electron chi connectivity index (χ4n) is 2.51. The summed E-state index contributed by atoms with van der Waals surface area (Å²) in [5.41, 5.74) is 1.55. The van der Waals surface area contributed by atoms with E-state index in [9.17, 15) is 18.3 Å². The number of nitrogens with one attached hydrogen (secondary N) is 2. The minimum absolute atomic E-state index is 0.146. The number of ether oxygens (including phenoxy) is 2. The molecule has 9 heteroatoms. The van der Waals surface area contributed by atoms with Crippen LogP contribution in [0.1, 0.15) is 24.2 Å². The van der Waals surface area contributed by atoms with Crippen molar-refractivity contribution in [3.8, 4) is 11.5 Å². The average molecular weight is 425 g/mol. The Kier molecular flexibility index (Phi) is 8.79. The zero-order chi connectivity index (χ0) is 22.0. The molecule has 0 heterocycles. The van der Waals surface area contributed by atoms with Crippen molar-refractivity contribution in [2.24, 2.45) is 4.99 Å². The third kappa shape index (κ3) is 8.20. The number of nitrogens with zero attached hydrogens (tertiary/aromatic N) is 1. The van der Waals surface area contributed by atoms with Gasteiger partial charge in [-0.15, -0.1) is 0 Å². The predicted octanol–water partition coefficient (Wildman–Crippen LogP) is 3.43. The summed E-state index contributed by atoms with van der Waals surface area (Å²) in [5.74, 6) is 1.37. The number of methoxy groups -OCH3 is 1. The number of benzene rings is 2. The number of hydrogen-bond donors (Lipinski definition) is 3. The van der Waals surface area contributed by atoms with Crippen molar-refractivity contribution in [2.75, 3.05) is 26.8 Å². The Labute approximate surface area is 173 Å². The highest BCUT2D eigenvalue weighted by Crippen LogP contribution is 2.19. The number of hydrogen-bond acceptors (Lipinski definition) is 4. The summed E-state index contributed by atoms with van der Waals surface area (Å²) >= 11 is 0. The Bertz CT molecular complexity index is 794. The third-order valence-electron chi connectivity index (χ3n) is 4.05. The van der Waals surface area contributed by atoms with Crippen LogP contribution in [0.5, 0.6) is 11.5 Å². The van der Waals surface area contributed by atoms with Gasteiger partial charge in [0.1, 0.15) is 11.5 Å². The van der Waals surface area contributed by atoms with Gasteiger partial charge in [-0.05, 0) is 42.3 Å². The molecule has 0 fully saturated rings. The summed E-state index contributed by atoms with van der Waals surface area (Å²) in [6.45, 7) is 1.80. The second kappa shape index (κ2) is 11.3. The lowest BCUT2D eigenvalue weighted by molar-refractivity contribution is -0.153. The molecule has 0 aromatic heterocycles. The summed E-state index contributed by atoms with van der Waals surface area (Å²) in [5, 5.41) is 16.5. The Balaban J connectivity index is 1.90. The van der Waals surface area contributed by atoms with Crippen molar-refractivity contribution in [1.82, 2.24) is 10.6 Å². The van der Waals surface area contributed by atoms with Crippen LogP contribution in [0.2, 0.25) is 0 Å². The molecule has 0 amide bonds. The number of guanidine groups is 1. The van der Waals surface area contributed by atoms with Gasteiger partial charge in [0.05, 0.1) is 19.8 Å². The van der Waals surface area contributed by atoms with Gasteiger partial charge in [-0.1, -0.05) is 24.3 Å². The highest BCUT2D eigenvalue weighted by molar-refractivity contribution is 5.79. The molecule has 0 aliphatic carbocycles. The van der Waals surface area contributed by atoms with Crippen LogP contribution in [0.3, 0.4) is 0 Å². The first-order valence-electron chi connectivity index (χ1n) is 9.43. The van der Waals surface area contributed by atoms with Gasteiger partial charge in [0.15, 0.2) is 12.6 Å². The van der Waals surface area contributed by atoms with Gasteiger partial charge < -0.3 is 25.2 Å². The molecule has 0 saturated heterocycles. The first kappa shape index (κ1) is 23.3. The molecule has 0 bridgehead atoms. The minimum atomic E-state index is -4.37. The molecule has 164 valence electrons. The molecule has 2 aromatic rings. The second-order valence-corrected chi connectivity index (χ2v) is 6.41. The Morgan fingerprint density at radius 1 is 1.03 bits per heavy atom. The number of halogens is 3. The smallest absolute Gasteiger partial charge is 0.422 e. The van der Waals surface area contributed by atoms with E-state index in [2.05, 4.69) is 20.4 Å². The summed E-state index contributed by atoms with van der Waals surface area (Å²) < 4.78 is 46.4. The van der Waals surface area contributed by atoms with E-state index in [-0.39, 0.29) is 12.3 Å². The largest absolute Gasteiger partial charge is 0.497 e. The maximum absolute atomic E-state index is 12.2. The fourth-order valence-corrected chi connectivity index (χ4v) is 2.51. The van der Waals surface area contributed by atoms with Crippen LogP contribution in [0, 0.1) is 0 Å². The fraction of sp³-hybridized carbons (Fsp3) is 0.381. The average Bonchev–Trinajstić information content (AvgIpc) is 2.74. The number of rotatable bonds is 9. The van der Waals surface area contributed by atoms with E-state index in [4.69, 9.17) is 4.74 Å². The molecule has 3 N–H and O–H groups in total. The van der Waals surface area contributed by atoms with Crippen molar-refractivity contribution in [1.29, 1.82) is 0 Å². The Morgan fingerprint density at radius 3 is 2.23 bits per heavy atom. The second-order valence-electron chi connectivity index (χ2n) is 6.41. The first-order chi connectivity index (χ1) is 14.3. The molecule has 0 saturated carbocycles. The normalized spacial score (nSPS) is 12.9. The lowest BCUT2D eigenvalue weighted by Crippen LogP contribution is -2.39. The van der Waals surface area contributed by atoms with Gasteiger partial charge in [0.25, 0.3) is 0 Å². The van der Waals surface area contributed by atoms with E-state index >= 15 is 0 Å². The van der Waals surface area contributed by atoms with Crippen LogP contribution in [-0.4, -0.2) is 44.0 Å². The maximum Gasteiger partial charge on any atom is 0.422 e. The molecular weight excluding hydrogens is 399 g/mol. The number of aliphatic imine (C=N–C) groups is 1. The Morgan fingerprint density at radius 2 is 1.67 bits per heavy atom. The summed E-state index contributed by atoms with van der Waals surface area (Å²) in [7, 11) is 1.58. The monoisotopic (exact) mass is 425 g/mol. The van der Waals surface area contributed by atoms with Crippen molar-refractivity contribution >= 4 is 5.96 Å². The maximum atomic E-state index is 12.2. The van der Waals surface area contributed by atoms with Gasteiger partial charge in [-0.2, -0.15) is 13.2 Å². The van der Waals surface area contributed by atoms with E-state index in [0.717, 1.165) is 11.1 Å². The lowest BCUT2D eigenvalue weighted by Gasteiger charge is -2.16. The zero-order valence-electron chi connectivity index (χ0n) is 16.9. The van der Waals surface area contributed by atoms with Crippen molar-refractivity contribution in [2.45, 2.75) is 25.7 Å². The van der Waals surface area contributed by atoms with Gasteiger partial charge in [0, 0.05) is 13.1 Å². The van der Waals surface area contributed by atoms with Crippen LogP contribution >= 0.6 is 0 Å². The standard InChI is InChI=1S/C21H26F3N3O3/c1-3-25-20(27-13-19(28)16-6-10-17(29-2)11-7-16)26-12-15-4-8-18(9-5-15)30-14-21(22,23)24/h4-11,19,28H,3,12-14H2,1-2H3,(H2,25,26,27). The van der Waals surface area contributed by atoms with Crippen LogP contribution in [-0.2, 0) is 6.54 Å². The minimum Gasteiger partial charge on any atom is -0.497 e. The van der Waals surface area contributed by atoms with Gasteiger partial charge in [-0.3, -0.25) is 0 Å². The number of aliphatic hydroxyl groups excluding tert-OH is 1. The molecule has 1 atom stereocenters. The number of aliphatic hydroxyl groups is 1. The molecule has 6 nitrogen and oxygen atoms in total. The lowest BCUT2D eigenvalue weighted by atomic mass is 10.1. The predicted molar refractivity (Wildman–Crippen MR) is 109 cm³/mol. The summed E-state index contributed by atoms with van der Waals surface area (Å²) in [6.07, 6.45) is -5.10. The van der Waals surface area contributed by atoms with E-state index in [1.807, 2.05) is 6.92 Å². The molecule has 2 rings (SSSR count). The van der Waals surface area contributed by atoms with E-state index in [1.165, 1.54) is 12.1 Å². The van der Waals surface area contributed by atoms with Crippen LogP contribution in [0.15, 0.2) is 53.5 Å². The summed E-state index contributed by atoms with van der Waals surface area (Å²) in [4.78, 5) is 4.43. The third-order valence-corrected chi connectivity index (χ3v) is 4.05. The molecule has 0 aliphatic heterocycles. The molecule has 0 radical (unpaired) electrons. The van der Waals surface area contributed by atoms with Crippen molar-refractivity contribution < 1.29 is 27.8 Å². The van der Waals surface area contributed by atoms with Crippen LogP contribution < -0.4 is 20.1 Å². The summed E-state index contributed by atoms with van der Waals surface area (Å²) in [6, 6.07) is 13.4. The van der Waals surface area contributed by atoms with E-state index in [1.54, 1.807) is 43.5 Å². The molecule has 0 spiro atoms. The quantitative estimate of drug-likeness (QED) is 0.424. The zero-order valence-corrected chi connectivity index (χ0v) is 16.9. The first-order valence-corrected chi connectivity index (χ1v) is 9.43. The van der Waals surface area contributed by atoms with Crippen LogP contribution in [0.4, 0.5) is 13.2 Å². The SMILES string of the molecule is CCNC(=NCc1ccc(OCC(F)(F)F)cc1)NCC(O)c1ccc(OC)cc1. The van der Waals surface area contributed by atoms with Crippen LogP contribution in [0.25, 0.3) is 0 Å².